The van der Waals surface area contributed by atoms with E-state index in [2.05, 4.69) is 13.0 Å². The minimum Gasteiger partial charge on any atom is -0.382 e. The van der Waals surface area contributed by atoms with Gasteiger partial charge in [-0.2, -0.15) is 0 Å². The van der Waals surface area contributed by atoms with Crippen LogP contribution in [0.4, 0.5) is 0 Å². The molecule has 3 rings (SSSR count). The fourth-order valence-electron chi connectivity index (χ4n) is 4.49. The first-order chi connectivity index (χ1) is 9.21. The van der Waals surface area contributed by atoms with Crippen molar-refractivity contribution in [3.63, 3.8) is 0 Å². The second kappa shape index (κ2) is 4.15. The first-order valence-electron chi connectivity index (χ1n) is 7.54. The van der Waals surface area contributed by atoms with Gasteiger partial charge in [0.05, 0.1) is 12.0 Å². The summed E-state index contributed by atoms with van der Waals surface area (Å²) in [6, 6.07) is 0. The lowest BCUT2D eigenvalue weighted by Crippen LogP contribution is -2.70. The topological polar surface area (TPSA) is 66.8 Å². The summed E-state index contributed by atoms with van der Waals surface area (Å²) in [7, 11) is 0. The largest absolute Gasteiger partial charge is 0.382 e. The highest BCUT2D eigenvalue weighted by Gasteiger charge is 2.66. The molecule has 0 aromatic heterocycles. The lowest BCUT2D eigenvalue weighted by Gasteiger charge is -2.58. The molecule has 2 aliphatic carbocycles. The van der Waals surface area contributed by atoms with Gasteiger partial charge >= 0.3 is 0 Å². The van der Waals surface area contributed by atoms with Gasteiger partial charge < -0.3 is 14.9 Å². The maximum Gasteiger partial charge on any atom is 0.224 e. The van der Waals surface area contributed by atoms with Crippen LogP contribution in [0, 0.1) is 23.2 Å². The Hall–Kier alpha value is -0.710. The Bertz CT molecular complexity index is 469. The molecule has 0 amide bonds. The molecule has 1 saturated heterocycles. The van der Waals surface area contributed by atoms with Crippen LogP contribution < -0.4 is 0 Å². The summed E-state index contributed by atoms with van der Waals surface area (Å²) in [6.45, 7) is 5.40. The Balaban J connectivity index is 2.07. The van der Waals surface area contributed by atoms with Crippen molar-refractivity contribution in [2.75, 3.05) is 6.61 Å². The number of carbonyl (C=O) groups excluding carboxylic acids is 1. The van der Waals surface area contributed by atoms with Crippen LogP contribution in [0.15, 0.2) is 12.2 Å². The Labute approximate surface area is 119 Å². The third kappa shape index (κ3) is 1.68. The standard InChI is InChI=1S/C16H24O4/c1-10-4-5-12-11(8-10)6-7-16(19)9-20-15(3,18)13(17)14(12,16)2/h6-7,10-12,18-19H,4-5,8-9H2,1-3H3. The highest BCUT2D eigenvalue weighted by molar-refractivity contribution is 5.93. The van der Waals surface area contributed by atoms with Crippen LogP contribution in [0.25, 0.3) is 0 Å². The minimum atomic E-state index is -1.79. The first-order valence-corrected chi connectivity index (χ1v) is 7.54. The fraction of sp³-hybridized carbons (Fsp3) is 0.812. The zero-order valence-electron chi connectivity index (χ0n) is 12.4. The van der Waals surface area contributed by atoms with Gasteiger partial charge in [-0.05, 0) is 44.4 Å². The lowest BCUT2D eigenvalue weighted by atomic mass is 9.50. The van der Waals surface area contributed by atoms with E-state index in [4.69, 9.17) is 4.74 Å². The highest BCUT2D eigenvalue weighted by Crippen LogP contribution is 2.57. The molecule has 4 heteroatoms. The zero-order valence-corrected chi connectivity index (χ0v) is 12.4. The number of rotatable bonds is 0. The quantitative estimate of drug-likeness (QED) is 0.662. The predicted octanol–water partition coefficient (Wildman–Crippen LogP) is 1.65. The van der Waals surface area contributed by atoms with E-state index in [1.807, 2.05) is 6.92 Å². The summed E-state index contributed by atoms with van der Waals surface area (Å²) in [6.07, 6.45) is 6.81. The summed E-state index contributed by atoms with van der Waals surface area (Å²) in [5.74, 6) is -1.14. The van der Waals surface area contributed by atoms with Gasteiger partial charge in [0.25, 0.3) is 0 Å². The lowest BCUT2D eigenvalue weighted by molar-refractivity contribution is -0.270. The van der Waals surface area contributed by atoms with Gasteiger partial charge in [0, 0.05) is 0 Å². The number of Topliss-reactive ketones (excluding diaryl/α,β-unsaturated/α-hetero) is 1. The Morgan fingerprint density at radius 2 is 2.00 bits per heavy atom. The van der Waals surface area contributed by atoms with E-state index in [1.165, 1.54) is 6.92 Å². The number of carbonyl (C=O) groups is 1. The number of fused-ring (bicyclic) bond motifs is 3. The molecule has 20 heavy (non-hydrogen) atoms. The van der Waals surface area contributed by atoms with Crippen LogP contribution in [0.1, 0.15) is 40.0 Å². The normalized spacial score (nSPS) is 55.2. The van der Waals surface area contributed by atoms with Crippen molar-refractivity contribution >= 4 is 5.78 Å². The maximum atomic E-state index is 12.8. The van der Waals surface area contributed by atoms with E-state index in [1.54, 1.807) is 6.08 Å². The second-order valence-corrected chi connectivity index (χ2v) is 7.27. The van der Waals surface area contributed by atoms with Gasteiger partial charge in [-0.15, -0.1) is 0 Å². The molecule has 1 heterocycles. The summed E-state index contributed by atoms with van der Waals surface area (Å²) >= 11 is 0. The van der Waals surface area contributed by atoms with Crippen LogP contribution in [-0.2, 0) is 9.53 Å². The SMILES string of the molecule is CC1CCC2C(C=CC3(O)COC(C)(O)C(=O)C23C)C1. The molecule has 0 aromatic rings. The zero-order chi connectivity index (χ0) is 14.8. The Kier molecular flexibility index (Phi) is 2.96. The van der Waals surface area contributed by atoms with Crippen LogP contribution in [0.5, 0.6) is 0 Å². The average Bonchev–Trinajstić information content (AvgIpc) is 2.39. The second-order valence-electron chi connectivity index (χ2n) is 7.27. The van der Waals surface area contributed by atoms with Crippen molar-refractivity contribution in [3.8, 4) is 0 Å². The number of aliphatic hydroxyl groups is 2. The van der Waals surface area contributed by atoms with Crippen molar-refractivity contribution in [2.45, 2.75) is 51.4 Å². The third-order valence-corrected chi connectivity index (χ3v) is 5.89. The molecule has 3 aliphatic rings. The van der Waals surface area contributed by atoms with Gasteiger partial charge in [-0.1, -0.05) is 25.5 Å². The number of ether oxygens (including phenoxy) is 1. The van der Waals surface area contributed by atoms with Crippen molar-refractivity contribution < 1.29 is 19.7 Å². The highest BCUT2D eigenvalue weighted by atomic mass is 16.6. The van der Waals surface area contributed by atoms with Crippen molar-refractivity contribution in [3.05, 3.63) is 12.2 Å². The minimum absolute atomic E-state index is 0.0302. The first kappa shape index (κ1) is 14.2. The summed E-state index contributed by atoms with van der Waals surface area (Å²) in [5, 5.41) is 21.1. The van der Waals surface area contributed by atoms with Crippen LogP contribution in [-0.4, -0.2) is 34.0 Å². The van der Waals surface area contributed by atoms with E-state index in [0.717, 1.165) is 19.3 Å². The van der Waals surface area contributed by atoms with Crippen LogP contribution in [0.2, 0.25) is 0 Å². The van der Waals surface area contributed by atoms with Gasteiger partial charge in [0.2, 0.25) is 11.6 Å². The van der Waals surface area contributed by atoms with E-state index in [-0.39, 0.29) is 18.3 Å². The van der Waals surface area contributed by atoms with E-state index < -0.39 is 16.8 Å². The molecule has 4 nitrogen and oxygen atoms in total. The number of hydrogen-bond acceptors (Lipinski definition) is 4. The summed E-state index contributed by atoms with van der Waals surface area (Å²) in [5.41, 5.74) is -2.26. The molecule has 112 valence electrons. The molecule has 6 unspecified atom stereocenters. The smallest absolute Gasteiger partial charge is 0.224 e. The van der Waals surface area contributed by atoms with E-state index in [0.29, 0.717) is 11.8 Å². The van der Waals surface area contributed by atoms with Gasteiger partial charge in [0.1, 0.15) is 5.60 Å². The monoisotopic (exact) mass is 280 g/mol. The van der Waals surface area contributed by atoms with Gasteiger partial charge in [0.15, 0.2) is 0 Å². The molecule has 1 saturated carbocycles. The van der Waals surface area contributed by atoms with Crippen LogP contribution in [0.3, 0.4) is 0 Å². The molecule has 2 N–H and O–H groups in total. The molecular formula is C16H24O4. The molecule has 2 fully saturated rings. The molecule has 0 radical (unpaired) electrons. The van der Waals surface area contributed by atoms with Gasteiger partial charge in [-0.3, -0.25) is 4.79 Å². The Morgan fingerprint density at radius 3 is 2.70 bits per heavy atom. The molecule has 0 aromatic carbocycles. The maximum absolute atomic E-state index is 12.8. The number of allylic oxidation sites excluding steroid dienone is 1. The summed E-state index contributed by atoms with van der Waals surface area (Å²) < 4.78 is 5.22. The van der Waals surface area contributed by atoms with E-state index in [9.17, 15) is 15.0 Å². The van der Waals surface area contributed by atoms with Crippen molar-refractivity contribution in [1.29, 1.82) is 0 Å². The predicted molar refractivity (Wildman–Crippen MR) is 73.8 cm³/mol. The third-order valence-electron chi connectivity index (χ3n) is 5.89. The van der Waals surface area contributed by atoms with Crippen molar-refractivity contribution in [1.82, 2.24) is 0 Å². The molecular weight excluding hydrogens is 256 g/mol. The molecule has 6 atom stereocenters. The molecule has 1 aliphatic heterocycles. The molecule has 0 bridgehead atoms. The summed E-state index contributed by atoms with van der Waals surface area (Å²) in [4.78, 5) is 12.8. The van der Waals surface area contributed by atoms with Crippen molar-refractivity contribution in [2.24, 2.45) is 23.2 Å². The number of hydrogen-bond donors (Lipinski definition) is 2. The number of ketones is 1. The van der Waals surface area contributed by atoms with Gasteiger partial charge in [-0.25, -0.2) is 0 Å². The molecule has 0 spiro atoms. The van der Waals surface area contributed by atoms with Crippen LogP contribution >= 0.6 is 0 Å². The Morgan fingerprint density at radius 1 is 1.30 bits per heavy atom. The fourth-order valence-corrected chi connectivity index (χ4v) is 4.49. The van der Waals surface area contributed by atoms with E-state index >= 15 is 0 Å². The average molecular weight is 280 g/mol.